The van der Waals surface area contributed by atoms with E-state index in [-0.39, 0.29) is 5.75 Å². The second-order valence-electron chi connectivity index (χ2n) is 1.67. The normalized spacial score (nSPS) is 9.90. The lowest BCUT2D eigenvalue weighted by atomic mass is 10.3. The molecule has 1 aromatic rings. The van der Waals surface area contributed by atoms with E-state index in [0.29, 0.717) is 4.47 Å². The average Bonchev–Trinajstić information content (AvgIpc) is 1.93. The highest BCUT2D eigenvalue weighted by atomic mass is 79.9. The lowest BCUT2D eigenvalue weighted by Gasteiger charge is -1.98. The van der Waals surface area contributed by atoms with Crippen molar-refractivity contribution < 1.29 is 5.11 Å². The number of halogens is 3. The van der Waals surface area contributed by atoms with Gasteiger partial charge in [0.2, 0.25) is 0 Å². The SMILES string of the molecule is [O]c1ccc(Br)c(Br)c1Br. The van der Waals surface area contributed by atoms with Crippen LogP contribution in [-0.4, -0.2) is 0 Å². The van der Waals surface area contributed by atoms with Crippen LogP contribution in [0, 0.1) is 0 Å². The zero-order valence-electron chi connectivity index (χ0n) is 4.70. The molecular formula is C6H2Br3O. The fraction of sp³-hybridized carbons (Fsp3) is 0. The summed E-state index contributed by atoms with van der Waals surface area (Å²) in [5.74, 6) is -0.0184. The standard InChI is InChI=1S/C6H2Br3O/c7-3-1-2-4(10)6(9)5(3)8/h1-2H. The largest absolute Gasteiger partial charge is 0.289 e. The second-order valence-corrected chi connectivity index (χ2v) is 4.11. The van der Waals surface area contributed by atoms with Gasteiger partial charge in [-0.25, -0.2) is 0 Å². The van der Waals surface area contributed by atoms with Crippen LogP contribution in [0.2, 0.25) is 0 Å². The third-order valence-electron chi connectivity index (χ3n) is 1.000. The predicted molar refractivity (Wildman–Crippen MR) is 49.7 cm³/mol. The van der Waals surface area contributed by atoms with Crippen molar-refractivity contribution in [2.75, 3.05) is 0 Å². The highest BCUT2D eigenvalue weighted by Crippen LogP contribution is 2.37. The molecule has 0 atom stereocenters. The summed E-state index contributed by atoms with van der Waals surface area (Å²) in [7, 11) is 0. The van der Waals surface area contributed by atoms with Crippen molar-refractivity contribution in [2.45, 2.75) is 0 Å². The molecule has 0 saturated heterocycles. The highest BCUT2D eigenvalue weighted by Gasteiger charge is 2.06. The lowest BCUT2D eigenvalue weighted by molar-refractivity contribution is 0.351. The Kier molecular flexibility index (Phi) is 2.77. The summed E-state index contributed by atoms with van der Waals surface area (Å²) in [6.45, 7) is 0. The smallest absolute Gasteiger partial charge is 0.193 e. The molecule has 0 aromatic heterocycles. The van der Waals surface area contributed by atoms with Gasteiger partial charge in [0.1, 0.15) is 0 Å². The molecule has 0 aliphatic heterocycles. The minimum absolute atomic E-state index is 0.0184. The quantitative estimate of drug-likeness (QED) is 0.638. The van der Waals surface area contributed by atoms with Crippen molar-refractivity contribution >= 4 is 47.8 Å². The average molecular weight is 330 g/mol. The first-order chi connectivity index (χ1) is 4.63. The first kappa shape index (κ1) is 8.56. The third-order valence-corrected chi connectivity index (χ3v) is 4.34. The van der Waals surface area contributed by atoms with Crippen molar-refractivity contribution in [2.24, 2.45) is 0 Å². The van der Waals surface area contributed by atoms with E-state index in [9.17, 15) is 5.11 Å². The van der Waals surface area contributed by atoms with Crippen molar-refractivity contribution in [1.29, 1.82) is 0 Å². The van der Waals surface area contributed by atoms with Gasteiger partial charge in [-0.1, -0.05) is 0 Å². The molecule has 1 radical (unpaired) electrons. The van der Waals surface area contributed by atoms with Gasteiger partial charge in [0.25, 0.3) is 0 Å². The van der Waals surface area contributed by atoms with Gasteiger partial charge in [0, 0.05) is 8.95 Å². The van der Waals surface area contributed by atoms with Crippen LogP contribution >= 0.6 is 47.8 Å². The molecule has 1 rings (SSSR count). The Balaban J connectivity index is 3.34. The summed E-state index contributed by atoms with van der Waals surface area (Å²) in [4.78, 5) is 0. The predicted octanol–water partition coefficient (Wildman–Crippen LogP) is 4.12. The number of rotatable bonds is 0. The molecule has 0 N–H and O–H groups in total. The maximum Gasteiger partial charge on any atom is 0.193 e. The molecule has 1 aromatic carbocycles. The van der Waals surface area contributed by atoms with E-state index >= 15 is 0 Å². The molecule has 10 heavy (non-hydrogen) atoms. The fourth-order valence-electron chi connectivity index (χ4n) is 0.508. The Morgan fingerprint density at radius 1 is 1.00 bits per heavy atom. The zero-order valence-corrected chi connectivity index (χ0v) is 9.45. The fourth-order valence-corrected chi connectivity index (χ4v) is 1.78. The van der Waals surface area contributed by atoms with Crippen LogP contribution in [0.1, 0.15) is 0 Å². The number of hydrogen-bond donors (Lipinski definition) is 0. The van der Waals surface area contributed by atoms with E-state index in [1.54, 1.807) is 6.07 Å². The molecule has 53 valence electrons. The van der Waals surface area contributed by atoms with Crippen LogP contribution in [0.25, 0.3) is 0 Å². The van der Waals surface area contributed by atoms with Crippen LogP contribution in [0.5, 0.6) is 5.75 Å². The van der Waals surface area contributed by atoms with E-state index in [2.05, 4.69) is 47.8 Å². The van der Waals surface area contributed by atoms with Gasteiger partial charge in [-0.15, -0.1) is 0 Å². The van der Waals surface area contributed by atoms with Gasteiger partial charge < -0.3 is 0 Å². The summed E-state index contributed by atoms with van der Waals surface area (Å²) in [5, 5.41) is 10.9. The Hall–Kier alpha value is 0.460. The Morgan fingerprint density at radius 2 is 1.60 bits per heavy atom. The first-order valence-corrected chi connectivity index (χ1v) is 4.81. The maximum absolute atomic E-state index is 10.9. The molecule has 0 fully saturated rings. The molecule has 1 nitrogen and oxygen atoms in total. The summed E-state index contributed by atoms with van der Waals surface area (Å²) in [5.41, 5.74) is 0. The molecule has 4 heteroatoms. The monoisotopic (exact) mass is 327 g/mol. The Morgan fingerprint density at radius 3 is 2.10 bits per heavy atom. The molecule has 0 spiro atoms. The molecule has 0 aliphatic carbocycles. The van der Waals surface area contributed by atoms with Crippen LogP contribution in [0.4, 0.5) is 0 Å². The number of hydrogen-bond acceptors (Lipinski definition) is 0. The molecule has 0 amide bonds. The first-order valence-electron chi connectivity index (χ1n) is 2.43. The molecule has 0 unspecified atom stereocenters. The van der Waals surface area contributed by atoms with Gasteiger partial charge in [-0.05, 0) is 59.9 Å². The van der Waals surface area contributed by atoms with Gasteiger partial charge in [0.15, 0.2) is 5.75 Å². The molecule has 0 saturated carbocycles. The van der Waals surface area contributed by atoms with Crippen molar-refractivity contribution in [3.63, 3.8) is 0 Å². The minimum Gasteiger partial charge on any atom is -0.289 e. The van der Waals surface area contributed by atoms with Crippen LogP contribution in [0.3, 0.4) is 0 Å². The minimum atomic E-state index is -0.0184. The van der Waals surface area contributed by atoms with E-state index in [0.717, 1.165) is 8.95 Å². The van der Waals surface area contributed by atoms with Gasteiger partial charge in [-0.3, -0.25) is 5.11 Å². The zero-order chi connectivity index (χ0) is 7.72. The summed E-state index contributed by atoms with van der Waals surface area (Å²) < 4.78 is 2.20. The summed E-state index contributed by atoms with van der Waals surface area (Å²) >= 11 is 9.64. The van der Waals surface area contributed by atoms with E-state index in [1.165, 1.54) is 6.07 Å². The Labute approximate surface area is 83.8 Å². The van der Waals surface area contributed by atoms with E-state index in [4.69, 9.17) is 0 Å². The van der Waals surface area contributed by atoms with Crippen LogP contribution < -0.4 is 0 Å². The van der Waals surface area contributed by atoms with E-state index < -0.39 is 0 Å². The van der Waals surface area contributed by atoms with Crippen LogP contribution in [0.15, 0.2) is 25.6 Å². The van der Waals surface area contributed by atoms with E-state index in [1.807, 2.05) is 0 Å². The molecule has 0 heterocycles. The summed E-state index contributed by atoms with van der Waals surface area (Å²) in [6, 6.07) is 3.20. The maximum atomic E-state index is 10.9. The second kappa shape index (κ2) is 3.24. The topological polar surface area (TPSA) is 19.9 Å². The van der Waals surface area contributed by atoms with Crippen molar-refractivity contribution in [1.82, 2.24) is 0 Å². The van der Waals surface area contributed by atoms with Crippen molar-refractivity contribution in [3.8, 4) is 5.75 Å². The van der Waals surface area contributed by atoms with Gasteiger partial charge >= 0.3 is 0 Å². The van der Waals surface area contributed by atoms with Gasteiger partial charge in [0.05, 0.1) is 4.47 Å². The highest BCUT2D eigenvalue weighted by molar-refractivity contribution is 9.14. The van der Waals surface area contributed by atoms with Crippen molar-refractivity contribution in [3.05, 3.63) is 25.6 Å². The molecule has 0 bridgehead atoms. The molecule has 0 aliphatic rings. The Bertz CT molecular complexity index is 232. The summed E-state index contributed by atoms with van der Waals surface area (Å²) in [6.07, 6.45) is 0. The van der Waals surface area contributed by atoms with Crippen LogP contribution in [-0.2, 0) is 5.11 Å². The van der Waals surface area contributed by atoms with Gasteiger partial charge in [-0.2, -0.15) is 0 Å². The number of benzene rings is 1. The third kappa shape index (κ3) is 1.54. The molecular weight excluding hydrogens is 328 g/mol. The lowest BCUT2D eigenvalue weighted by Crippen LogP contribution is -1.71.